The van der Waals surface area contributed by atoms with Crippen LogP contribution in [0.25, 0.3) is 5.65 Å². The molecule has 0 saturated heterocycles. The van der Waals surface area contributed by atoms with E-state index >= 15 is 0 Å². The van der Waals surface area contributed by atoms with Crippen molar-refractivity contribution in [2.75, 3.05) is 13.7 Å². The summed E-state index contributed by atoms with van der Waals surface area (Å²) < 4.78 is 6.36. The van der Waals surface area contributed by atoms with Crippen LogP contribution in [0.5, 0.6) is 0 Å². The van der Waals surface area contributed by atoms with Crippen LogP contribution in [-0.4, -0.2) is 45.1 Å². The third-order valence-electron chi connectivity index (χ3n) is 3.10. The van der Waals surface area contributed by atoms with Gasteiger partial charge in [0.25, 0.3) is 5.56 Å². The summed E-state index contributed by atoms with van der Waals surface area (Å²) in [6, 6.07) is 5.23. The molecule has 2 aromatic rings. The van der Waals surface area contributed by atoms with Crippen molar-refractivity contribution in [3.63, 3.8) is 0 Å². The molecule has 0 radical (unpaired) electrons. The normalized spacial score (nSPS) is 14.8. The van der Waals surface area contributed by atoms with Crippen LogP contribution in [0, 0.1) is 0 Å². The Morgan fingerprint density at radius 3 is 3.00 bits per heavy atom. The first-order valence-corrected chi connectivity index (χ1v) is 6.64. The lowest BCUT2D eigenvalue weighted by atomic mass is 10.3. The number of aromatic nitrogens is 2. The molecule has 2 aromatic heterocycles. The largest absolute Gasteiger partial charge is 0.448 e. The number of hydrazine groups is 2. The van der Waals surface area contributed by atoms with Gasteiger partial charge in [-0.15, -0.1) is 10.2 Å². The van der Waals surface area contributed by atoms with E-state index in [1.165, 1.54) is 15.7 Å². The summed E-state index contributed by atoms with van der Waals surface area (Å²) in [5.41, 5.74) is 2.98. The van der Waals surface area contributed by atoms with Crippen molar-refractivity contribution in [3.8, 4) is 0 Å². The maximum absolute atomic E-state index is 12.6. The van der Waals surface area contributed by atoms with Gasteiger partial charge in [0.15, 0.2) is 5.84 Å². The minimum atomic E-state index is -0.633. The standard InChI is InChI=1S/C13H14N6O3/c1-3-22-13(21)19-11(15-16-17(19)2)9-8-14-10-6-4-5-7-18(10)12(9)20/h4-8,16H,3H2,1-2H3. The van der Waals surface area contributed by atoms with Crippen molar-refractivity contribution >= 4 is 17.6 Å². The number of ether oxygens (including phenoxy) is 1. The highest BCUT2D eigenvalue weighted by atomic mass is 16.6. The van der Waals surface area contributed by atoms with Crippen LogP contribution < -0.4 is 11.1 Å². The lowest BCUT2D eigenvalue weighted by Gasteiger charge is -2.22. The number of rotatable bonds is 2. The zero-order valence-electron chi connectivity index (χ0n) is 12.1. The maximum Gasteiger partial charge on any atom is 0.432 e. The van der Waals surface area contributed by atoms with E-state index in [2.05, 4.69) is 15.6 Å². The number of amidine groups is 1. The number of hydrogen-bond donors (Lipinski definition) is 1. The summed E-state index contributed by atoms with van der Waals surface area (Å²) in [5.74, 6) is 0.136. The van der Waals surface area contributed by atoms with Gasteiger partial charge in [-0.05, 0) is 19.1 Å². The molecule has 0 saturated carbocycles. The topological polar surface area (TPSA) is 91.5 Å². The fraction of sp³-hybridized carbons (Fsp3) is 0.231. The molecule has 1 aliphatic rings. The van der Waals surface area contributed by atoms with E-state index in [9.17, 15) is 9.59 Å². The number of amides is 1. The van der Waals surface area contributed by atoms with Gasteiger partial charge in [0.2, 0.25) is 0 Å². The first-order valence-electron chi connectivity index (χ1n) is 6.64. The molecule has 3 rings (SSSR count). The van der Waals surface area contributed by atoms with Crippen molar-refractivity contribution < 1.29 is 9.53 Å². The number of nitrogens with zero attached hydrogens (tertiary/aromatic N) is 5. The summed E-state index contributed by atoms with van der Waals surface area (Å²) >= 11 is 0. The molecule has 9 heteroatoms. The number of carbonyl (C=O) groups excluding carboxylic acids is 1. The quantitative estimate of drug-likeness (QED) is 0.851. The van der Waals surface area contributed by atoms with Crippen LogP contribution in [0.4, 0.5) is 4.79 Å². The number of nitrogens with one attached hydrogen (secondary N) is 1. The molecule has 1 amide bonds. The minimum Gasteiger partial charge on any atom is -0.448 e. The van der Waals surface area contributed by atoms with E-state index < -0.39 is 6.09 Å². The molecular weight excluding hydrogens is 288 g/mol. The molecule has 0 fully saturated rings. The fourth-order valence-electron chi connectivity index (χ4n) is 2.10. The second kappa shape index (κ2) is 5.45. The summed E-state index contributed by atoms with van der Waals surface area (Å²) in [5, 5.41) is 6.47. The molecule has 0 aromatic carbocycles. The predicted molar refractivity (Wildman–Crippen MR) is 77.8 cm³/mol. The molecule has 0 aliphatic carbocycles. The lowest BCUT2D eigenvalue weighted by Crippen LogP contribution is -2.48. The molecular formula is C13H14N6O3. The monoisotopic (exact) mass is 302 g/mol. The van der Waals surface area contributed by atoms with Crippen LogP contribution in [0.1, 0.15) is 12.5 Å². The van der Waals surface area contributed by atoms with Gasteiger partial charge in [0.05, 0.1) is 6.61 Å². The summed E-state index contributed by atoms with van der Waals surface area (Å²) in [7, 11) is 1.58. The van der Waals surface area contributed by atoms with Gasteiger partial charge in [0, 0.05) is 19.4 Å². The van der Waals surface area contributed by atoms with Crippen molar-refractivity contribution in [1.82, 2.24) is 25.0 Å². The zero-order valence-corrected chi connectivity index (χ0v) is 12.1. The molecule has 0 bridgehead atoms. The van der Waals surface area contributed by atoms with Crippen molar-refractivity contribution in [2.24, 2.45) is 5.10 Å². The highest BCUT2D eigenvalue weighted by Crippen LogP contribution is 2.10. The lowest BCUT2D eigenvalue weighted by molar-refractivity contribution is 0.0306. The molecule has 0 unspecified atom stereocenters. The number of hydrazone groups is 1. The van der Waals surface area contributed by atoms with Crippen molar-refractivity contribution in [1.29, 1.82) is 0 Å². The number of fused-ring (bicyclic) bond motifs is 1. The number of hydrogen-bond acceptors (Lipinski definition) is 7. The summed E-state index contributed by atoms with van der Waals surface area (Å²) in [6.07, 6.45) is 2.37. The molecule has 1 aliphatic heterocycles. The van der Waals surface area contributed by atoms with Crippen LogP contribution in [0.15, 0.2) is 40.5 Å². The van der Waals surface area contributed by atoms with E-state index in [0.717, 1.165) is 5.01 Å². The Bertz CT molecular complexity index is 815. The maximum atomic E-state index is 12.6. The smallest absolute Gasteiger partial charge is 0.432 e. The van der Waals surface area contributed by atoms with Gasteiger partial charge in [0.1, 0.15) is 11.2 Å². The van der Waals surface area contributed by atoms with E-state index in [1.54, 1.807) is 38.4 Å². The third kappa shape index (κ3) is 2.17. The van der Waals surface area contributed by atoms with Gasteiger partial charge in [-0.1, -0.05) is 6.07 Å². The Balaban J connectivity index is 2.08. The average Bonchev–Trinajstić information content (AvgIpc) is 2.90. The molecule has 22 heavy (non-hydrogen) atoms. The molecule has 3 heterocycles. The van der Waals surface area contributed by atoms with E-state index in [4.69, 9.17) is 4.74 Å². The first-order chi connectivity index (χ1) is 10.6. The van der Waals surface area contributed by atoms with Crippen LogP contribution in [0.2, 0.25) is 0 Å². The Kier molecular flexibility index (Phi) is 3.47. The minimum absolute atomic E-state index is 0.136. The van der Waals surface area contributed by atoms with E-state index in [1.807, 2.05) is 0 Å². The molecule has 114 valence electrons. The van der Waals surface area contributed by atoms with Crippen molar-refractivity contribution in [2.45, 2.75) is 6.92 Å². The Morgan fingerprint density at radius 1 is 1.41 bits per heavy atom. The van der Waals surface area contributed by atoms with Crippen LogP contribution in [-0.2, 0) is 4.74 Å². The third-order valence-corrected chi connectivity index (χ3v) is 3.10. The van der Waals surface area contributed by atoms with E-state index in [0.29, 0.717) is 5.65 Å². The summed E-state index contributed by atoms with van der Waals surface area (Å²) in [6.45, 7) is 1.91. The Labute approximate surface area is 125 Å². The number of carbonyl (C=O) groups is 1. The zero-order chi connectivity index (χ0) is 15.7. The van der Waals surface area contributed by atoms with Gasteiger partial charge in [-0.3, -0.25) is 9.20 Å². The van der Waals surface area contributed by atoms with Gasteiger partial charge >= 0.3 is 6.09 Å². The molecule has 9 nitrogen and oxygen atoms in total. The highest BCUT2D eigenvalue weighted by molar-refractivity contribution is 6.06. The number of pyridine rings is 1. The van der Waals surface area contributed by atoms with Crippen molar-refractivity contribution in [3.05, 3.63) is 46.5 Å². The second-order valence-electron chi connectivity index (χ2n) is 4.48. The molecule has 1 N–H and O–H groups in total. The van der Waals surface area contributed by atoms with Crippen LogP contribution in [0.3, 0.4) is 0 Å². The molecule has 0 atom stereocenters. The van der Waals surface area contributed by atoms with Gasteiger partial charge in [-0.25, -0.2) is 15.3 Å². The Morgan fingerprint density at radius 2 is 2.23 bits per heavy atom. The Hall–Kier alpha value is -2.94. The van der Waals surface area contributed by atoms with Crippen LogP contribution >= 0.6 is 0 Å². The second-order valence-corrected chi connectivity index (χ2v) is 4.48. The fourth-order valence-corrected chi connectivity index (χ4v) is 2.10. The summed E-state index contributed by atoms with van der Waals surface area (Å²) in [4.78, 5) is 28.8. The van der Waals surface area contributed by atoms with Gasteiger partial charge in [-0.2, -0.15) is 5.01 Å². The van der Waals surface area contributed by atoms with E-state index in [-0.39, 0.29) is 23.6 Å². The predicted octanol–water partition coefficient (Wildman–Crippen LogP) is 0.180. The first kappa shape index (κ1) is 14.0. The SMILES string of the molecule is CCOC(=O)N1C(c2cnc3ccccn3c2=O)=NNN1C. The average molecular weight is 302 g/mol. The molecule has 0 spiro atoms. The van der Waals surface area contributed by atoms with Gasteiger partial charge < -0.3 is 4.74 Å². The highest BCUT2D eigenvalue weighted by Gasteiger charge is 2.33.